The summed E-state index contributed by atoms with van der Waals surface area (Å²) in [5.74, 6) is -0.374. The van der Waals surface area contributed by atoms with Gasteiger partial charge in [-0.2, -0.15) is 0 Å². The number of nitrogens with zero attached hydrogens (tertiary/aromatic N) is 1. The lowest BCUT2D eigenvalue weighted by molar-refractivity contribution is 0.122. The Morgan fingerprint density at radius 1 is 1.04 bits per heavy atom. The fourth-order valence-corrected chi connectivity index (χ4v) is 2.60. The summed E-state index contributed by atoms with van der Waals surface area (Å²) in [7, 11) is 0. The molecule has 1 aliphatic heterocycles. The highest BCUT2D eigenvalue weighted by Gasteiger charge is 2.15. The number of benzene rings is 2. The van der Waals surface area contributed by atoms with Crippen molar-refractivity contribution in [2.24, 2.45) is 0 Å². The lowest BCUT2D eigenvalue weighted by atomic mass is 10.2. The Labute approximate surface area is 144 Å². The van der Waals surface area contributed by atoms with Crippen LogP contribution in [0, 0.1) is 5.82 Å². The third kappa shape index (κ3) is 4.15. The van der Waals surface area contributed by atoms with E-state index in [9.17, 15) is 9.18 Å². The van der Waals surface area contributed by atoms with E-state index in [4.69, 9.17) is 16.3 Å². The van der Waals surface area contributed by atoms with Gasteiger partial charge in [0, 0.05) is 29.5 Å². The summed E-state index contributed by atoms with van der Waals surface area (Å²) in [5.41, 5.74) is 1.50. The number of anilines is 3. The summed E-state index contributed by atoms with van der Waals surface area (Å²) in [6.07, 6.45) is 0. The van der Waals surface area contributed by atoms with Crippen molar-refractivity contribution < 1.29 is 13.9 Å². The molecule has 1 fully saturated rings. The second kappa shape index (κ2) is 7.51. The number of halogens is 2. The molecule has 0 bridgehead atoms. The van der Waals surface area contributed by atoms with E-state index in [1.807, 2.05) is 4.90 Å². The first kappa shape index (κ1) is 16.5. The van der Waals surface area contributed by atoms with E-state index in [0.29, 0.717) is 48.4 Å². The van der Waals surface area contributed by atoms with Crippen molar-refractivity contribution >= 4 is 34.7 Å². The molecule has 7 heteroatoms. The van der Waals surface area contributed by atoms with Crippen molar-refractivity contribution in [2.45, 2.75) is 0 Å². The van der Waals surface area contributed by atoms with Gasteiger partial charge in [0.05, 0.1) is 18.9 Å². The molecule has 0 unspecified atom stereocenters. The minimum absolute atomic E-state index is 0.374. The first-order chi connectivity index (χ1) is 11.6. The summed E-state index contributed by atoms with van der Waals surface area (Å²) in [6.45, 7) is 2.48. The minimum atomic E-state index is -0.448. The molecule has 24 heavy (non-hydrogen) atoms. The molecule has 5 nitrogen and oxygen atoms in total. The molecule has 2 amide bonds. The second-order valence-corrected chi connectivity index (χ2v) is 5.79. The number of hydrogen-bond donors (Lipinski definition) is 2. The van der Waals surface area contributed by atoms with E-state index in [2.05, 4.69) is 10.6 Å². The monoisotopic (exact) mass is 349 g/mol. The Morgan fingerprint density at radius 2 is 1.67 bits per heavy atom. The maximum atomic E-state index is 14.3. The zero-order valence-corrected chi connectivity index (χ0v) is 13.6. The topological polar surface area (TPSA) is 53.6 Å². The lowest BCUT2D eigenvalue weighted by Crippen LogP contribution is -2.36. The number of amides is 2. The fraction of sp³-hybridized carbons (Fsp3) is 0.235. The predicted molar refractivity (Wildman–Crippen MR) is 93.5 cm³/mol. The molecule has 0 atom stereocenters. The zero-order chi connectivity index (χ0) is 16.9. The summed E-state index contributed by atoms with van der Waals surface area (Å²) >= 11 is 5.79. The third-order valence-corrected chi connectivity index (χ3v) is 3.91. The van der Waals surface area contributed by atoms with Gasteiger partial charge in [-0.05, 0) is 42.5 Å². The SMILES string of the molecule is O=C(Nc1ccc(Cl)cc1)Nc1ccc(N2CCOCC2)c(F)c1. The highest BCUT2D eigenvalue weighted by atomic mass is 35.5. The Bertz CT molecular complexity index is 718. The average molecular weight is 350 g/mol. The van der Waals surface area contributed by atoms with E-state index in [1.165, 1.54) is 6.07 Å². The van der Waals surface area contributed by atoms with E-state index >= 15 is 0 Å². The number of rotatable bonds is 3. The number of carbonyl (C=O) groups is 1. The molecule has 0 saturated carbocycles. The molecule has 0 aromatic heterocycles. The van der Waals surface area contributed by atoms with Crippen molar-refractivity contribution in [2.75, 3.05) is 41.8 Å². The molecule has 1 aliphatic rings. The van der Waals surface area contributed by atoms with Crippen LogP contribution in [0.4, 0.5) is 26.2 Å². The van der Waals surface area contributed by atoms with Gasteiger partial charge in [0.25, 0.3) is 0 Å². The molecule has 3 rings (SSSR count). The second-order valence-electron chi connectivity index (χ2n) is 5.35. The van der Waals surface area contributed by atoms with Gasteiger partial charge in [-0.25, -0.2) is 9.18 Å². The van der Waals surface area contributed by atoms with Gasteiger partial charge in [0.1, 0.15) is 5.82 Å². The molecule has 0 spiro atoms. The number of ether oxygens (including phenoxy) is 1. The maximum Gasteiger partial charge on any atom is 0.323 e. The average Bonchev–Trinajstić information content (AvgIpc) is 2.58. The van der Waals surface area contributed by atoms with Crippen LogP contribution in [0.25, 0.3) is 0 Å². The van der Waals surface area contributed by atoms with Crippen LogP contribution in [0.3, 0.4) is 0 Å². The Kier molecular flexibility index (Phi) is 5.17. The highest BCUT2D eigenvalue weighted by Crippen LogP contribution is 2.24. The van der Waals surface area contributed by atoms with Crippen LogP contribution in [-0.2, 0) is 4.74 Å². The zero-order valence-electron chi connectivity index (χ0n) is 12.9. The molecule has 1 heterocycles. The van der Waals surface area contributed by atoms with Crippen LogP contribution in [0.2, 0.25) is 5.02 Å². The minimum Gasteiger partial charge on any atom is -0.378 e. The summed E-state index contributed by atoms with van der Waals surface area (Å²) in [4.78, 5) is 13.9. The van der Waals surface area contributed by atoms with E-state index < -0.39 is 6.03 Å². The highest BCUT2D eigenvalue weighted by molar-refractivity contribution is 6.30. The van der Waals surface area contributed by atoms with E-state index in [0.717, 1.165) is 0 Å². The molecule has 126 valence electrons. The van der Waals surface area contributed by atoms with E-state index in [-0.39, 0.29) is 5.82 Å². The predicted octanol–water partition coefficient (Wildman–Crippen LogP) is 3.96. The van der Waals surface area contributed by atoms with Gasteiger partial charge in [0.15, 0.2) is 0 Å². The van der Waals surface area contributed by atoms with E-state index in [1.54, 1.807) is 36.4 Å². The molecule has 2 aromatic rings. The standard InChI is InChI=1S/C17H17ClFN3O2/c18-12-1-3-13(4-2-12)20-17(23)21-14-5-6-16(15(19)11-14)22-7-9-24-10-8-22/h1-6,11H,7-10H2,(H2,20,21,23). The van der Waals surface area contributed by atoms with Gasteiger partial charge in [-0.3, -0.25) is 0 Å². The lowest BCUT2D eigenvalue weighted by Gasteiger charge is -2.29. The van der Waals surface area contributed by atoms with Crippen LogP contribution in [-0.4, -0.2) is 32.3 Å². The third-order valence-electron chi connectivity index (χ3n) is 3.66. The van der Waals surface area contributed by atoms with Gasteiger partial charge in [0.2, 0.25) is 0 Å². The number of hydrogen-bond acceptors (Lipinski definition) is 3. The van der Waals surface area contributed by atoms with Crippen molar-refractivity contribution in [3.63, 3.8) is 0 Å². The van der Waals surface area contributed by atoms with Gasteiger partial charge in [-0.15, -0.1) is 0 Å². The van der Waals surface area contributed by atoms with Crippen molar-refractivity contribution in [3.05, 3.63) is 53.3 Å². The number of urea groups is 1. The Hall–Kier alpha value is -2.31. The molecular weight excluding hydrogens is 333 g/mol. The molecule has 2 N–H and O–H groups in total. The van der Waals surface area contributed by atoms with Crippen LogP contribution < -0.4 is 15.5 Å². The quantitative estimate of drug-likeness (QED) is 0.881. The van der Waals surface area contributed by atoms with Crippen LogP contribution in [0.1, 0.15) is 0 Å². The van der Waals surface area contributed by atoms with Gasteiger partial charge >= 0.3 is 6.03 Å². The van der Waals surface area contributed by atoms with Gasteiger partial charge in [-0.1, -0.05) is 11.6 Å². The van der Waals surface area contributed by atoms with Crippen LogP contribution in [0.15, 0.2) is 42.5 Å². The smallest absolute Gasteiger partial charge is 0.323 e. The van der Waals surface area contributed by atoms with Gasteiger partial charge < -0.3 is 20.3 Å². The number of nitrogens with one attached hydrogen (secondary N) is 2. The maximum absolute atomic E-state index is 14.3. The first-order valence-corrected chi connectivity index (χ1v) is 7.95. The summed E-state index contributed by atoms with van der Waals surface area (Å²) < 4.78 is 19.6. The van der Waals surface area contributed by atoms with Crippen molar-refractivity contribution in [1.82, 2.24) is 0 Å². The van der Waals surface area contributed by atoms with Crippen molar-refractivity contribution in [1.29, 1.82) is 0 Å². The van der Waals surface area contributed by atoms with Crippen molar-refractivity contribution in [3.8, 4) is 0 Å². The summed E-state index contributed by atoms with van der Waals surface area (Å²) in [6, 6.07) is 10.9. The Morgan fingerprint density at radius 3 is 2.33 bits per heavy atom. The molecule has 0 aliphatic carbocycles. The first-order valence-electron chi connectivity index (χ1n) is 7.57. The summed E-state index contributed by atoms with van der Waals surface area (Å²) in [5, 5.41) is 5.85. The fourth-order valence-electron chi connectivity index (χ4n) is 2.47. The Balaban J connectivity index is 1.63. The molecule has 2 aromatic carbocycles. The number of carbonyl (C=O) groups excluding carboxylic acids is 1. The normalized spacial score (nSPS) is 14.3. The molecular formula is C17H17ClFN3O2. The van der Waals surface area contributed by atoms with Crippen LogP contribution >= 0.6 is 11.6 Å². The molecule has 1 saturated heterocycles. The molecule has 0 radical (unpaired) electrons. The number of morpholine rings is 1. The largest absolute Gasteiger partial charge is 0.378 e. The van der Waals surface area contributed by atoms with Crippen LogP contribution in [0.5, 0.6) is 0 Å².